The Bertz CT molecular complexity index is 405. The second-order valence-electron chi connectivity index (χ2n) is 3.64. The van der Waals surface area contributed by atoms with E-state index in [0.717, 1.165) is 30.1 Å². The number of nitrogens with zero attached hydrogens (tertiary/aromatic N) is 1. The molecule has 0 radical (unpaired) electrons. The fraction of sp³-hybridized carbons (Fsp3) is 0.333. The van der Waals surface area contributed by atoms with Crippen LogP contribution in [-0.2, 0) is 0 Å². The number of ether oxygens (including phenoxy) is 1. The third-order valence-corrected chi connectivity index (χ3v) is 2.10. The van der Waals surface area contributed by atoms with E-state index in [9.17, 15) is 0 Å². The van der Waals surface area contributed by atoms with Crippen molar-refractivity contribution >= 4 is 11.7 Å². The van der Waals surface area contributed by atoms with Crippen LogP contribution in [0.1, 0.15) is 25.8 Å². The van der Waals surface area contributed by atoms with Gasteiger partial charge in [-0.05, 0) is 43.2 Å². The molecule has 1 rings (SSSR count). The molecule has 1 aromatic carbocycles. The van der Waals surface area contributed by atoms with Crippen molar-refractivity contribution in [2.45, 2.75) is 20.3 Å². The lowest BCUT2D eigenvalue weighted by atomic mass is 10.1. The highest BCUT2D eigenvalue weighted by Gasteiger charge is 1.99. The van der Waals surface area contributed by atoms with Crippen LogP contribution >= 0.6 is 0 Å². The minimum atomic E-state index is 0.0762. The van der Waals surface area contributed by atoms with E-state index in [4.69, 9.17) is 16.2 Å². The standard InChI is InChI=1S/C12H18N4O/c1-3-8-17-11-6-4-10(5-7-11)9(2)15-16-12(13)14/h4-7H,3,8H2,1-2H3,(H4,13,14,16)/p+1/b15-9-. The number of nitrogens with two attached hydrogens (primary N) is 2. The Morgan fingerprint density at radius 1 is 1.29 bits per heavy atom. The summed E-state index contributed by atoms with van der Waals surface area (Å²) in [6, 6.07) is 7.72. The predicted molar refractivity (Wildman–Crippen MR) is 68.8 cm³/mol. The van der Waals surface area contributed by atoms with Gasteiger partial charge in [0.2, 0.25) is 0 Å². The van der Waals surface area contributed by atoms with Gasteiger partial charge in [0.15, 0.2) is 0 Å². The van der Waals surface area contributed by atoms with Crippen LogP contribution in [0.15, 0.2) is 29.4 Å². The first-order valence-electron chi connectivity index (χ1n) is 5.55. The summed E-state index contributed by atoms with van der Waals surface area (Å²) >= 11 is 0. The summed E-state index contributed by atoms with van der Waals surface area (Å²) in [7, 11) is 0. The van der Waals surface area contributed by atoms with E-state index in [-0.39, 0.29) is 5.96 Å². The summed E-state index contributed by atoms with van der Waals surface area (Å²) in [4.78, 5) is 0. The van der Waals surface area contributed by atoms with Gasteiger partial charge in [0.25, 0.3) is 0 Å². The summed E-state index contributed by atoms with van der Waals surface area (Å²) in [5.74, 6) is 0.938. The molecule has 0 bridgehead atoms. The van der Waals surface area contributed by atoms with Gasteiger partial charge in [-0.3, -0.25) is 11.5 Å². The molecule has 0 heterocycles. The van der Waals surface area contributed by atoms with E-state index in [1.807, 2.05) is 31.2 Å². The SMILES string of the molecule is CCCOc1ccc(/C(C)=N\[NH+]=C(N)N)cc1. The molecule has 0 atom stereocenters. The number of hydrogen-bond acceptors (Lipinski definition) is 2. The fourth-order valence-corrected chi connectivity index (χ4v) is 1.23. The van der Waals surface area contributed by atoms with Crippen LogP contribution in [-0.4, -0.2) is 18.3 Å². The summed E-state index contributed by atoms with van der Waals surface area (Å²) in [6.07, 6.45) is 0.998. The van der Waals surface area contributed by atoms with Crippen molar-refractivity contribution in [1.29, 1.82) is 0 Å². The number of hydrogen-bond donors (Lipinski definition) is 3. The van der Waals surface area contributed by atoms with Crippen molar-refractivity contribution < 1.29 is 9.84 Å². The zero-order valence-corrected chi connectivity index (χ0v) is 10.2. The Morgan fingerprint density at radius 2 is 1.94 bits per heavy atom. The van der Waals surface area contributed by atoms with Crippen LogP contribution < -0.4 is 21.3 Å². The summed E-state index contributed by atoms with van der Waals surface area (Å²) in [5, 5.41) is 6.55. The van der Waals surface area contributed by atoms with Crippen LogP contribution in [0.3, 0.4) is 0 Å². The zero-order valence-electron chi connectivity index (χ0n) is 10.2. The maximum absolute atomic E-state index is 5.49. The number of nitrogens with one attached hydrogen (secondary N) is 1. The van der Waals surface area contributed by atoms with Gasteiger partial charge < -0.3 is 4.74 Å². The van der Waals surface area contributed by atoms with Crippen molar-refractivity contribution in [3.63, 3.8) is 0 Å². The van der Waals surface area contributed by atoms with E-state index in [1.54, 1.807) is 0 Å². The van der Waals surface area contributed by atoms with E-state index < -0.39 is 0 Å². The van der Waals surface area contributed by atoms with Gasteiger partial charge >= 0.3 is 5.96 Å². The van der Waals surface area contributed by atoms with E-state index in [0.29, 0.717) is 0 Å². The lowest BCUT2D eigenvalue weighted by Gasteiger charge is -2.05. The molecule has 0 fully saturated rings. The first-order chi connectivity index (χ1) is 8.13. The van der Waals surface area contributed by atoms with Gasteiger partial charge in [-0.2, -0.15) is 5.10 Å². The molecule has 0 saturated heterocycles. The third kappa shape index (κ3) is 4.55. The molecule has 0 aliphatic rings. The van der Waals surface area contributed by atoms with E-state index in [2.05, 4.69) is 17.1 Å². The molecule has 17 heavy (non-hydrogen) atoms. The zero-order chi connectivity index (χ0) is 12.7. The second kappa shape index (κ2) is 6.52. The van der Waals surface area contributed by atoms with Crippen molar-refractivity contribution in [3.8, 4) is 5.75 Å². The monoisotopic (exact) mass is 235 g/mol. The van der Waals surface area contributed by atoms with E-state index >= 15 is 0 Å². The molecule has 5 nitrogen and oxygen atoms in total. The molecule has 92 valence electrons. The smallest absolute Gasteiger partial charge is 0.362 e. The Morgan fingerprint density at radius 3 is 2.47 bits per heavy atom. The van der Waals surface area contributed by atoms with Crippen LogP contribution in [0.5, 0.6) is 5.75 Å². The number of rotatable bonds is 5. The molecule has 0 aliphatic carbocycles. The highest BCUT2D eigenvalue weighted by molar-refractivity contribution is 5.98. The molecule has 0 unspecified atom stereocenters. The third-order valence-electron chi connectivity index (χ3n) is 2.10. The lowest BCUT2D eigenvalue weighted by molar-refractivity contribution is -0.464. The highest BCUT2D eigenvalue weighted by atomic mass is 16.5. The van der Waals surface area contributed by atoms with Crippen molar-refractivity contribution in [3.05, 3.63) is 29.8 Å². The minimum Gasteiger partial charge on any atom is -0.494 e. The molecule has 1 aromatic rings. The fourth-order valence-electron chi connectivity index (χ4n) is 1.23. The Balaban J connectivity index is 2.73. The largest absolute Gasteiger partial charge is 0.494 e. The van der Waals surface area contributed by atoms with Gasteiger partial charge in [-0.1, -0.05) is 6.92 Å². The molecule has 5 heteroatoms. The van der Waals surface area contributed by atoms with Crippen LogP contribution in [0.4, 0.5) is 0 Å². The topological polar surface area (TPSA) is 87.6 Å². The first-order valence-corrected chi connectivity index (χ1v) is 5.55. The van der Waals surface area contributed by atoms with Crippen LogP contribution in [0, 0.1) is 0 Å². The Kier molecular flexibility index (Phi) is 5.00. The van der Waals surface area contributed by atoms with Gasteiger partial charge in [-0.15, -0.1) is 5.10 Å². The minimum absolute atomic E-state index is 0.0762. The molecule has 5 N–H and O–H groups in total. The highest BCUT2D eigenvalue weighted by Crippen LogP contribution is 2.12. The van der Waals surface area contributed by atoms with Crippen molar-refractivity contribution in [2.24, 2.45) is 16.6 Å². The van der Waals surface area contributed by atoms with Gasteiger partial charge in [0.1, 0.15) is 5.75 Å². The van der Waals surface area contributed by atoms with Gasteiger partial charge in [-0.25, -0.2) is 0 Å². The van der Waals surface area contributed by atoms with Crippen molar-refractivity contribution in [2.75, 3.05) is 6.61 Å². The normalized spacial score (nSPS) is 11.1. The Hall–Kier alpha value is -2.04. The summed E-state index contributed by atoms with van der Waals surface area (Å²) in [5.41, 5.74) is 12.3. The maximum Gasteiger partial charge on any atom is 0.362 e. The number of hydrazone groups is 1. The first kappa shape index (κ1) is 13.0. The average Bonchev–Trinajstić information content (AvgIpc) is 2.34. The predicted octanol–water partition coefficient (Wildman–Crippen LogP) is -0.447. The van der Waals surface area contributed by atoms with Crippen molar-refractivity contribution in [1.82, 2.24) is 0 Å². The molecule has 0 amide bonds. The van der Waals surface area contributed by atoms with Crippen LogP contribution in [0.2, 0.25) is 0 Å². The molecular formula is C12H19N4O+. The molecule has 0 spiro atoms. The molecule has 0 aliphatic heterocycles. The quantitative estimate of drug-likeness (QED) is 0.367. The maximum atomic E-state index is 5.49. The molecular weight excluding hydrogens is 216 g/mol. The second-order valence-corrected chi connectivity index (χ2v) is 3.64. The number of guanidine groups is 1. The summed E-state index contributed by atoms with van der Waals surface area (Å²) in [6.45, 7) is 4.68. The van der Waals surface area contributed by atoms with Gasteiger partial charge in [0, 0.05) is 0 Å². The molecule has 0 aromatic heterocycles. The van der Waals surface area contributed by atoms with E-state index in [1.165, 1.54) is 0 Å². The number of benzene rings is 1. The van der Waals surface area contributed by atoms with Crippen LogP contribution in [0.25, 0.3) is 0 Å². The summed E-state index contributed by atoms with van der Waals surface area (Å²) < 4.78 is 5.49. The average molecular weight is 235 g/mol. The molecule has 0 saturated carbocycles. The Labute approximate surface area is 101 Å². The van der Waals surface area contributed by atoms with Gasteiger partial charge in [0.05, 0.1) is 12.3 Å². The lowest BCUT2D eigenvalue weighted by Crippen LogP contribution is -2.72.